The molecule has 2 unspecified atom stereocenters. The van der Waals surface area contributed by atoms with Gasteiger partial charge >= 0.3 is 0 Å². The van der Waals surface area contributed by atoms with Crippen LogP contribution in [0, 0.1) is 5.92 Å². The van der Waals surface area contributed by atoms with Crippen LogP contribution in [0.4, 0.5) is 0 Å². The van der Waals surface area contributed by atoms with Crippen LogP contribution in [0.2, 0.25) is 0 Å². The van der Waals surface area contributed by atoms with Crippen molar-refractivity contribution in [3.63, 3.8) is 0 Å². The van der Waals surface area contributed by atoms with Gasteiger partial charge in [-0.15, -0.1) is 0 Å². The fourth-order valence-electron chi connectivity index (χ4n) is 2.20. The van der Waals surface area contributed by atoms with Crippen molar-refractivity contribution in [1.29, 1.82) is 0 Å². The van der Waals surface area contributed by atoms with Gasteiger partial charge in [-0.1, -0.05) is 13.0 Å². The summed E-state index contributed by atoms with van der Waals surface area (Å²) in [7, 11) is 1.56. The van der Waals surface area contributed by atoms with Gasteiger partial charge in [-0.2, -0.15) is 5.48 Å². The molecule has 0 spiro atoms. The van der Waals surface area contributed by atoms with E-state index in [4.69, 9.17) is 9.63 Å². The molecule has 0 fully saturated rings. The minimum atomic E-state index is -0.0562. The summed E-state index contributed by atoms with van der Waals surface area (Å²) < 4.78 is 0. The Bertz CT molecular complexity index is 465. The minimum absolute atomic E-state index is 0.0562. The molecule has 0 saturated carbocycles. The van der Waals surface area contributed by atoms with Gasteiger partial charge in [-0.25, -0.2) is 0 Å². The van der Waals surface area contributed by atoms with Crippen molar-refractivity contribution in [2.24, 2.45) is 5.92 Å². The molecule has 21 heavy (non-hydrogen) atoms. The summed E-state index contributed by atoms with van der Waals surface area (Å²) in [5.74, 6) is 0.531. The zero-order chi connectivity index (χ0) is 15.7. The lowest BCUT2D eigenvalue weighted by Gasteiger charge is -2.30. The molecular formula is C15H22N2O4. The number of hydrogen-bond donors (Lipinski definition) is 3. The van der Waals surface area contributed by atoms with E-state index in [-0.39, 0.29) is 17.8 Å². The topological polar surface area (TPSA) is 87.7 Å². The standard InChI is InChI=1S/C13H17NO3.C2H5NO/c1-9(3-2-6-15)13-12-5-4-11(16)7-10(12)8-14-17-13;1-3-2-4/h4-7,9,13-14,16H,2-3,8H2,1H3;2H,1H3,(H,3,4). The van der Waals surface area contributed by atoms with E-state index in [0.717, 1.165) is 23.8 Å². The second-order valence-electron chi connectivity index (χ2n) is 4.87. The number of benzene rings is 1. The van der Waals surface area contributed by atoms with Crippen LogP contribution in [-0.2, 0) is 21.0 Å². The summed E-state index contributed by atoms with van der Waals surface area (Å²) >= 11 is 0. The van der Waals surface area contributed by atoms with Gasteiger partial charge < -0.3 is 15.2 Å². The van der Waals surface area contributed by atoms with Gasteiger partial charge in [0.15, 0.2) is 0 Å². The van der Waals surface area contributed by atoms with Gasteiger partial charge in [0.1, 0.15) is 18.1 Å². The molecule has 0 aliphatic carbocycles. The monoisotopic (exact) mass is 294 g/mol. The molecule has 6 nitrogen and oxygen atoms in total. The third-order valence-electron chi connectivity index (χ3n) is 3.28. The zero-order valence-corrected chi connectivity index (χ0v) is 12.3. The minimum Gasteiger partial charge on any atom is -0.508 e. The lowest BCUT2D eigenvalue weighted by atomic mass is 9.90. The van der Waals surface area contributed by atoms with E-state index >= 15 is 0 Å². The highest BCUT2D eigenvalue weighted by Gasteiger charge is 2.26. The Hall–Kier alpha value is -1.92. The predicted molar refractivity (Wildman–Crippen MR) is 78.4 cm³/mol. The second-order valence-corrected chi connectivity index (χ2v) is 4.87. The van der Waals surface area contributed by atoms with E-state index in [9.17, 15) is 9.90 Å². The van der Waals surface area contributed by atoms with Gasteiger partial charge in [-0.3, -0.25) is 9.63 Å². The number of aromatic hydroxyl groups is 1. The largest absolute Gasteiger partial charge is 0.508 e. The molecule has 1 aromatic carbocycles. The van der Waals surface area contributed by atoms with Crippen molar-refractivity contribution in [3.05, 3.63) is 29.3 Å². The lowest BCUT2D eigenvalue weighted by Crippen LogP contribution is -2.29. The van der Waals surface area contributed by atoms with Crippen LogP contribution < -0.4 is 10.8 Å². The summed E-state index contributed by atoms with van der Waals surface area (Å²) in [4.78, 5) is 25.0. The predicted octanol–water partition coefficient (Wildman–Crippen LogP) is 1.45. The van der Waals surface area contributed by atoms with E-state index in [1.165, 1.54) is 0 Å². The fraction of sp³-hybridized carbons (Fsp3) is 0.467. The molecular weight excluding hydrogens is 272 g/mol. The molecule has 1 amide bonds. The highest BCUT2D eigenvalue weighted by atomic mass is 16.7. The Morgan fingerprint density at radius 3 is 2.86 bits per heavy atom. The Morgan fingerprint density at radius 2 is 2.24 bits per heavy atom. The number of hydroxylamine groups is 1. The molecule has 1 aliphatic rings. The van der Waals surface area contributed by atoms with E-state index in [2.05, 4.69) is 17.7 Å². The van der Waals surface area contributed by atoms with E-state index < -0.39 is 0 Å². The molecule has 1 heterocycles. The molecule has 1 aliphatic heterocycles. The molecule has 0 aromatic heterocycles. The maximum Gasteiger partial charge on any atom is 0.206 e. The first-order chi connectivity index (χ1) is 10.1. The number of carbonyl (C=O) groups excluding carboxylic acids is 2. The SMILES string of the molecule is CC(CCC=O)C1ONCc2cc(O)ccc21.CNC=O. The van der Waals surface area contributed by atoms with Crippen molar-refractivity contribution >= 4 is 12.7 Å². The van der Waals surface area contributed by atoms with Crippen LogP contribution in [0.1, 0.15) is 37.0 Å². The lowest BCUT2D eigenvalue weighted by molar-refractivity contribution is -0.109. The Labute approximate surface area is 124 Å². The number of nitrogens with one attached hydrogen (secondary N) is 2. The molecule has 0 saturated heterocycles. The van der Waals surface area contributed by atoms with Gasteiger partial charge in [0.25, 0.3) is 0 Å². The van der Waals surface area contributed by atoms with Crippen LogP contribution in [0.3, 0.4) is 0 Å². The summed E-state index contributed by atoms with van der Waals surface area (Å²) in [6.45, 7) is 2.67. The third kappa shape index (κ3) is 5.17. The summed E-state index contributed by atoms with van der Waals surface area (Å²) in [6, 6.07) is 5.32. The van der Waals surface area contributed by atoms with Crippen molar-refractivity contribution in [1.82, 2.24) is 10.8 Å². The maximum absolute atomic E-state index is 10.4. The average molecular weight is 294 g/mol. The van der Waals surface area contributed by atoms with E-state index in [0.29, 0.717) is 19.4 Å². The Morgan fingerprint density at radius 1 is 1.52 bits per heavy atom. The number of aldehydes is 1. The third-order valence-corrected chi connectivity index (χ3v) is 3.28. The number of fused-ring (bicyclic) bond motifs is 1. The number of rotatable bonds is 5. The molecule has 6 heteroatoms. The first kappa shape index (κ1) is 17.1. The first-order valence-corrected chi connectivity index (χ1v) is 6.88. The Balaban J connectivity index is 0.000000491. The van der Waals surface area contributed by atoms with Crippen molar-refractivity contribution in [2.75, 3.05) is 7.05 Å². The highest BCUT2D eigenvalue weighted by molar-refractivity contribution is 5.49. The van der Waals surface area contributed by atoms with Crippen molar-refractivity contribution in [3.8, 4) is 5.75 Å². The van der Waals surface area contributed by atoms with E-state index in [1.54, 1.807) is 19.2 Å². The van der Waals surface area contributed by atoms with Crippen LogP contribution in [-0.4, -0.2) is 24.9 Å². The molecule has 116 valence electrons. The molecule has 0 radical (unpaired) electrons. The Kier molecular flexibility index (Phi) is 7.42. The smallest absolute Gasteiger partial charge is 0.206 e. The molecule has 1 aromatic rings. The first-order valence-electron chi connectivity index (χ1n) is 6.88. The van der Waals surface area contributed by atoms with Gasteiger partial charge in [-0.05, 0) is 35.6 Å². The summed E-state index contributed by atoms with van der Waals surface area (Å²) in [6.07, 6.45) is 2.86. The number of phenols is 1. The number of phenolic OH excluding ortho intramolecular Hbond substituents is 1. The molecule has 0 bridgehead atoms. The van der Waals surface area contributed by atoms with Gasteiger partial charge in [0.2, 0.25) is 6.41 Å². The normalized spacial score (nSPS) is 17.7. The molecule has 3 N–H and O–H groups in total. The van der Waals surface area contributed by atoms with Crippen LogP contribution in [0.15, 0.2) is 18.2 Å². The molecule has 2 atom stereocenters. The fourth-order valence-corrected chi connectivity index (χ4v) is 2.20. The zero-order valence-electron chi connectivity index (χ0n) is 12.3. The number of hydrogen-bond acceptors (Lipinski definition) is 5. The quantitative estimate of drug-likeness (QED) is 0.715. The van der Waals surface area contributed by atoms with Crippen molar-refractivity contribution in [2.45, 2.75) is 32.4 Å². The average Bonchev–Trinajstić information content (AvgIpc) is 2.51. The van der Waals surface area contributed by atoms with Crippen molar-refractivity contribution < 1.29 is 19.5 Å². The summed E-state index contributed by atoms with van der Waals surface area (Å²) in [5, 5.41) is 11.7. The highest BCUT2D eigenvalue weighted by Crippen LogP contribution is 2.34. The number of carbonyl (C=O) groups is 2. The maximum atomic E-state index is 10.4. The van der Waals surface area contributed by atoms with Gasteiger partial charge in [0, 0.05) is 20.0 Å². The summed E-state index contributed by atoms with van der Waals surface area (Å²) in [5.41, 5.74) is 5.03. The van der Waals surface area contributed by atoms with Crippen LogP contribution >= 0.6 is 0 Å². The number of amides is 1. The molecule has 2 rings (SSSR count). The van der Waals surface area contributed by atoms with Gasteiger partial charge in [0.05, 0.1) is 0 Å². The second kappa shape index (κ2) is 9.10. The van der Waals surface area contributed by atoms with Crippen LogP contribution in [0.25, 0.3) is 0 Å². The van der Waals surface area contributed by atoms with Crippen LogP contribution in [0.5, 0.6) is 5.75 Å². The van der Waals surface area contributed by atoms with E-state index in [1.807, 2.05) is 6.07 Å².